The van der Waals surface area contributed by atoms with Crippen molar-refractivity contribution < 1.29 is 17.6 Å². The number of carbonyl (C=O) groups excluding carboxylic acids is 1. The van der Waals surface area contributed by atoms with Crippen LogP contribution in [-0.4, -0.2) is 36.1 Å². The maximum absolute atomic E-state index is 12.7. The average molecular weight is 464 g/mol. The zero-order chi connectivity index (χ0) is 20.9. The Kier molecular flexibility index (Phi) is 3.52. The first-order chi connectivity index (χ1) is 14.1. The Labute approximate surface area is 181 Å². The molecule has 0 spiro atoms. The summed E-state index contributed by atoms with van der Waals surface area (Å²) >= 11 is 7.74. The summed E-state index contributed by atoms with van der Waals surface area (Å²) < 4.78 is 29.7. The number of nitrogens with one attached hydrogen (secondary N) is 1. The number of hydrogen-bond acceptors (Lipinski definition) is 7. The second-order valence-corrected chi connectivity index (χ2v) is 12.8. The van der Waals surface area contributed by atoms with Gasteiger partial charge in [-0.2, -0.15) is 0 Å². The third kappa shape index (κ3) is 2.48. The van der Waals surface area contributed by atoms with Crippen molar-refractivity contribution >= 4 is 48.9 Å². The lowest BCUT2D eigenvalue weighted by atomic mass is 9.39. The number of aromatic nitrogens is 2. The van der Waals surface area contributed by atoms with Gasteiger partial charge in [-0.1, -0.05) is 11.6 Å². The predicted molar refractivity (Wildman–Crippen MR) is 113 cm³/mol. The lowest BCUT2D eigenvalue weighted by molar-refractivity contribution is -0.0812. The molecule has 0 unspecified atom stereocenters. The fourth-order valence-electron chi connectivity index (χ4n) is 5.07. The van der Waals surface area contributed by atoms with E-state index in [2.05, 4.69) is 10.3 Å². The third-order valence-corrected chi connectivity index (χ3v) is 10.3. The molecule has 4 saturated carbocycles. The molecule has 1 N–H and O–H groups in total. The number of carbonyl (C=O) groups is 1. The Morgan fingerprint density at radius 2 is 2.00 bits per heavy atom. The van der Waals surface area contributed by atoms with Crippen molar-refractivity contribution in [1.29, 1.82) is 0 Å². The van der Waals surface area contributed by atoms with E-state index in [1.165, 1.54) is 12.5 Å². The number of hydrogen-bond donors (Lipinski definition) is 1. The van der Waals surface area contributed by atoms with Crippen molar-refractivity contribution in [2.45, 2.75) is 47.8 Å². The van der Waals surface area contributed by atoms with Gasteiger partial charge in [-0.05, 0) is 50.3 Å². The zero-order valence-electron chi connectivity index (χ0n) is 16.1. The summed E-state index contributed by atoms with van der Waals surface area (Å²) in [5.74, 6) is -0.208. The second-order valence-electron chi connectivity index (χ2n) is 8.97. The molecule has 0 aliphatic heterocycles. The molecule has 156 valence electrons. The summed E-state index contributed by atoms with van der Waals surface area (Å²) in [7, 11) is -3.31. The molecule has 0 saturated heterocycles. The standard InChI is InChI=1S/C20H18ClN3O4S2/c1-30(26,27)20(4-5-20)14-7-22-16(28-14)15(25)24-19-8-18(9-19,10-19)17-23-12-3-2-11(21)6-13(12)29-17/h2-3,6-7H,4-5,8-10H2,1H3,(H,24,25). The highest BCUT2D eigenvalue weighted by Gasteiger charge is 2.70. The molecule has 0 radical (unpaired) electrons. The minimum absolute atomic E-state index is 0.0273. The minimum atomic E-state index is -3.31. The average Bonchev–Trinajstić information content (AvgIpc) is 3.11. The number of amides is 1. The highest BCUT2D eigenvalue weighted by atomic mass is 35.5. The number of thiazole rings is 1. The molecule has 4 aliphatic rings. The van der Waals surface area contributed by atoms with Crippen LogP contribution >= 0.6 is 22.9 Å². The van der Waals surface area contributed by atoms with E-state index in [-0.39, 0.29) is 22.6 Å². The fourth-order valence-corrected chi connectivity index (χ4v) is 7.80. The van der Waals surface area contributed by atoms with E-state index in [1.807, 2.05) is 18.2 Å². The predicted octanol–water partition coefficient (Wildman–Crippen LogP) is 3.58. The van der Waals surface area contributed by atoms with E-state index in [4.69, 9.17) is 21.0 Å². The van der Waals surface area contributed by atoms with Gasteiger partial charge >= 0.3 is 5.91 Å². The van der Waals surface area contributed by atoms with Crippen molar-refractivity contribution in [2.75, 3.05) is 6.26 Å². The molecule has 4 fully saturated rings. The molecule has 7 rings (SSSR count). The van der Waals surface area contributed by atoms with Crippen molar-refractivity contribution in [3.8, 4) is 0 Å². The quantitative estimate of drug-likeness (QED) is 0.620. The number of fused-ring (bicyclic) bond motifs is 1. The number of rotatable bonds is 5. The Morgan fingerprint density at radius 3 is 2.67 bits per heavy atom. The number of halogens is 1. The van der Waals surface area contributed by atoms with Crippen LogP contribution in [-0.2, 0) is 20.0 Å². The molecule has 0 atom stereocenters. The number of benzene rings is 1. The van der Waals surface area contributed by atoms with E-state index < -0.39 is 20.5 Å². The third-order valence-electron chi connectivity index (χ3n) is 6.78. The van der Waals surface area contributed by atoms with Crippen LogP contribution < -0.4 is 5.32 Å². The van der Waals surface area contributed by atoms with Gasteiger partial charge in [0.2, 0.25) is 0 Å². The van der Waals surface area contributed by atoms with Gasteiger partial charge in [0.15, 0.2) is 9.84 Å². The molecule has 10 heteroatoms. The minimum Gasteiger partial charge on any atom is -0.436 e. The van der Waals surface area contributed by atoms with E-state index in [0.29, 0.717) is 17.9 Å². The summed E-state index contributed by atoms with van der Waals surface area (Å²) in [6.45, 7) is 0. The zero-order valence-corrected chi connectivity index (χ0v) is 18.5. The van der Waals surface area contributed by atoms with E-state index in [1.54, 1.807) is 11.3 Å². The summed E-state index contributed by atoms with van der Waals surface area (Å²) in [6.07, 6.45) is 6.07. The maximum Gasteiger partial charge on any atom is 0.307 e. The van der Waals surface area contributed by atoms with Crippen LogP contribution in [0.2, 0.25) is 5.02 Å². The van der Waals surface area contributed by atoms with Crippen molar-refractivity contribution in [1.82, 2.24) is 15.3 Å². The summed E-state index contributed by atoms with van der Waals surface area (Å²) in [6, 6.07) is 5.71. The Balaban J connectivity index is 1.16. The Morgan fingerprint density at radius 1 is 1.27 bits per heavy atom. The monoisotopic (exact) mass is 463 g/mol. The first kappa shape index (κ1) is 18.8. The van der Waals surface area contributed by atoms with Gasteiger partial charge in [0.1, 0.15) is 15.5 Å². The van der Waals surface area contributed by atoms with Gasteiger partial charge in [-0.15, -0.1) is 11.3 Å². The lowest BCUT2D eigenvalue weighted by Gasteiger charge is -2.69. The Hall–Kier alpha value is -1.97. The lowest BCUT2D eigenvalue weighted by Crippen LogP contribution is -2.76. The summed E-state index contributed by atoms with van der Waals surface area (Å²) in [5.41, 5.74) is 0.726. The number of sulfone groups is 1. The molecule has 2 bridgehead atoms. The van der Waals surface area contributed by atoms with Gasteiger partial charge in [0, 0.05) is 22.2 Å². The van der Waals surface area contributed by atoms with E-state index in [9.17, 15) is 13.2 Å². The van der Waals surface area contributed by atoms with Crippen molar-refractivity contribution in [3.63, 3.8) is 0 Å². The van der Waals surface area contributed by atoms with Gasteiger partial charge in [-0.3, -0.25) is 4.79 Å². The molecular weight excluding hydrogens is 446 g/mol. The van der Waals surface area contributed by atoms with Crippen LogP contribution in [0.15, 0.2) is 28.8 Å². The van der Waals surface area contributed by atoms with E-state index in [0.717, 1.165) is 34.5 Å². The molecule has 1 amide bonds. The smallest absolute Gasteiger partial charge is 0.307 e. The first-order valence-electron chi connectivity index (χ1n) is 9.69. The fraction of sp³-hybridized carbons (Fsp3) is 0.450. The van der Waals surface area contributed by atoms with Gasteiger partial charge < -0.3 is 9.73 Å². The van der Waals surface area contributed by atoms with E-state index >= 15 is 0 Å². The molecule has 1 aromatic carbocycles. The van der Waals surface area contributed by atoms with Crippen LogP contribution in [0.4, 0.5) is 0 Å². The molecular formula is C20H18ClN3O4S2. The highest BCUT2D eigenvalue weighted by molar-refractivity contribution is 7.91. The normalized spacial score (nSPS) is 28.6. The molecule has 30 heavy (non-hydrogen) atoms. The Bertz CT molecular complexity index is 1320. The van der Waals surface area contributed by atoms with Crippen LogP contribution in [0.5, 0.6) is 0 Å². The van der Waals surface area contributed by atoms with Crippen LogP contribution in [0, 0.1) is 0 Å². The topological polar surface area (TPSA) is 102 Å². The molecule has 3 aromatic rings. The van der Waals surface area contributed by atoms with Crippen LogP contribution in [0.3, 0.4) is 0 Å². The summed E-state index contributed by atoms with van der Waals surface area (Å²) in [5, 5.41) is 4.84. The highest BCUT2D eigenvalue weighted by Crippen LogP contribution is 2.68. The maximum atomic E-state index is 12.7. The number of nitrogens with zero attached hydrogens (tertiary/aromatic N) is 2. The molecule has 4 aliphatic carbocycles. The van der Waals surface area contributed by atoms with Gasteiger partial charge in [0.05, 0.1) is 16.4 Å². The molecule has 2 heterocycles. The second kappa shape index (κ2) is 5.63. The largest absolute Gasteiger partial charge is 0.436 e. The van der Waals surface area contributed by atoms with Crippen molar-refractivity contribution in [3.05, 3.63) is 46.1 Å². The van der Waals surface area contributed by atoms with Crippen molar-refractivity contribution in [2.24, 2.45) is 0 Å². The van der Waals surface area contributed by atoms with Gasteiger partial charge in [0.25, 0.3) is 5.89 Å². The molecule has 7 nitrogen and oxygen atoms in total. The van der Waals surface area contributed by atoms with Gasteiger partial charge in [-0.25, -0.2) is 18.4 Å². The van der Waals surface area contributed by atoms with Crippen LogP contribution in [0.25, 0.3) is 10.2 Å². The summed E-state index contributed by atoms with van der Waals surface area (Å²) in [4.78, 5) is 21.5. The van der Waals surface area contributed by atoms with Crippen LogP contribution in [0.1, 0.15) is 53.6 Å². The molecule has 2 aromatic heterocycles. The number of oxazole rings is 1. The first-order valence-corrected chi connectivity index (χ1v) is 12.8. The SMILES string of the molecule is CS(=O)(=O)C1(c2cnc(C(=O)NC34CC(c5nc6ccc(Cl)cc6s5)(C3)C4)o2)CC1.